The maximum absolute atomic E-state index is 8.48. The van der Waals surface area contributed by atoms with Gasteiger partial charge < -0.3 is 4.74 Å². The van der Waals surface area contributed by atoms with Crippen LogP contribution in [0.15, 0.2) is 0 Å². The smallest absolute Gasteiger partial charge is 0.125 e. The van der Waals surface area contributed by atoms with Crippen molar-refractivity contribution in [3.63, 3.8) is 0 Å². The molecular weight excluding hydrogens is 212 g/mol. The second kappa shape index (κ2) is 7.33. The molecular formula is C14H22N2O. The van der Waals surface area contributed by atoms with E-state index in [1.165, 1.54) is 25.9 Å². The van der Waals surface area contributed by atoms with Crippen molar-refractivity contribution in [3.05, 3.63) is 0 Å². The molecule has 0 aromatic heterocycles. The molecule has 0 aromatic rings. The number of hydrogen-bond acceptors (Lipinski definition) is 3. The summed E-state index contributed by atoms with van der Waals surface area (Å²) in [5.41, 5.74) is -0.392. The van der Waals surface area contributed by atoms with Crippen LogP contribution in [0.4, 0.5) is 0 Å². The minimum absolute atomic E-state index is 0.392. The van der Waals surface area contributed by atoms with Crippen LogP contribution in [0.3, 0.4) is 0 Å². The molecule has 1 aliphatic rings. The van der Waals surface area contributed by atoms with Crippen molar-refractivity contribution in [2.75, 3.05) is 26.2 Å². The van der Waals surface area contributed by atoms with Gasteiger partial charge in [0, 0.05) is 0 Å². The highest BCUT2D eigenvalue weighted by Crippen LogP contribution is 2.14. The van der Waals surface area contributed by atoms with Gasteiger partial charge in [-0.05, 0) is 39.3 Å². The van der Waals surface area contributed by atoms with Crippen molar-refractivity contribution in [1.29, 1.82) is 5.26 Å². The zero-order valence-electron chi connectivity index (χ0n) is 11.0. The Bertz CT molecular complexity index is 317. The minimum atomic E-state index is -0.392. The Labute approximate surface area is 105 Å². The van der Waals surface area contributed by atoms with Crippen molar-refractivity contribution in [2.24, 2.45) is 0 Å². The Morgan fingerprint density at radius 3 is 2.65 bits per heavy atom. The summed E-state index contributed by atoms with van der Waals surface area (Å²) in [6, 6.07) is 2.08. The molecule has 0 aliphatic carbocycles. The van der Waals surface area contributed by atoms with Gasteiger partial charge in [0.05, 0.1) is 25.6 Å². The minimum Gasteiger partial charge on any atom is -0.362 e. The van der Waals surface area contributed by atoms with Crippen molar-refractivity contribution in [3.8, 4) is 17.9 Å². The van der Waals surface area contributed by atoms with Crippen LogP contribution in [-0.2, 0) is 4.74 Å². The lowest BCUT2D eigenvalue weighted by Gasteiger charge is -2.22. The molecule has 0 saturated carbocycles. The molecule has 0 amide bonds. The zero-order valence-corrected chi connectivity index (χ0v) is 11.0. The van der Waals surface area contributed by atoms with Gasteiger partial charge in [-0.2, -0.15) is 5.26 Å². The molecule has 0 N–H and O–H groups in total. The fourth-order valence-corrected chi connectivity index (χ4v) is 1.83. The maximum Gasteiger partial charge on any atom is 0.125 e. The van der Waals surface area contributed by atoms with Crippen LogP contribution in [0.2, 0.25) is 0 Å². The highest BCUT2D eigenvalue weighted by Gasteiger charge is 2.19. The van der Waals surface area contributed by atoms with Gasteiger partial charge >= 0.3 is 0 Å². The number of hydrogen-bond donors (Lipinski definition) is 0. The molecule has 1 aliphatic heterocycles. The first-order chi connectivity index (χ1) is 8.20. The van der Waals surface area contributed by atoms with Gasteiger partial charge in [-0.3, -0.25) is 4.90 Å². The number of ether oxygens (including phenoxy) is 1. The molecule has 0 radical (unpaired) electrons. The molecule has 1 rings (SSSR count). The van der Waals surface area contributed by atoms with Gasteiger partial charge in [-0.25, -0.2) is 0 Å². The topological polar surface area (TPSA) is 36.3 Å². The van der Waals surface area contributed by atoms with E-state index in [-0.39, 0.29) is 0 Å². The van der Waals surface area contributed by atoms with E-state index < -0.39 is 5.60 Å². The van der Waals surface area contributed by atoms with E-state index in [4.69, 9.17) is 10.00 Å². The Morgan fingerprint density at radius 1 is 1.35 bits per heavy atom. The van der Waals surface area contributed by atoms with Gasteiger partial charge in [0.25, 0.3) is 0 Å². The highest BCUT2D eigenvalue weighted by molar-refractivity contribution is 5.13. The first-order valence-corrected chi connectivity index (χ1v) is 6.43. The molecule has 1 heterocycles. The normalized spacial score (nSPS) is 19.1. The van der Waals surface area contributed by atoms with Crippen LogP contribution in [-0.4, -0.2) is 36.7 Å². The predicted molar refractivity (Wildman–Crippen MR) is 68.3 cm³/mol. The Kier molecular flexibility index (Phi) is 6.05. The average molecular weight is 234 g/mol. The number of nitrogens with zero attached hydrogens (tertiary/aromatic N) is 2. The van der Waals surface area contributed by atoms with Gasteiger partial charge in [-0.1, -0.05) is 18.8 Å². The van der Waals surface area contributed by atoms with Crippen LogP contribution in [0.5, 0.6) is 0 Å². The number of rotatable bonds is 5. The van der Waals surface area contributed by atoms with Crippen LogP contribution in [0, 0.1) is 23.2 Å². The molecule has 0 bridgehead atoms. The van der Waals surface area contributed by atoms with Gasteiger partial charge in [0.2, 0.25) is 0 Å². The van der Waals surface area contributed by atoms with E-state index in [2.05, 4.69) is 29.7 Å². The molecule has 1 atom stereocenters. The highest BCUT2D eigenvalue weighted by atomic mass is 16.5. The van der Waals surface area contributed by atoms with Gasteiger partial charge in [-0.15, -0.1) is 0 Å². The van der Waals surface area contributed by atoms with Crippen molar-refractivity contribution < 1.29 is 4.74 Å². The SMILES string of the molecule is CC[C@@](C)(C#CCN1CCCC1)OCCC#N. The number of nitriles is 1. The third-order valence-electron chi connectivity index (χ3n) is 3.16. The maximum atomic E-state index is 8.48. The molecule has 94 valence electrons. The fraction of sp³-hybridized carbons (Fsp3) is 0.786. The summed E-state index contributed by atoms with van der Waals surface area (Å²) in [5, 5.41) is 8.48. The third-order valence-corrected chi connectivity index (χ3v) is 3.16. The van der Waals surface area contributed by atoms with Crippen LogP contribution >= 0.6 is 0 Å². The first kappa shape index (κ1) is 14.0. The molecule has 3 nitrogen and oxygen atoms in total. The molecule has 1 fully saturated rings. The fourth-order valence-electron chi connectivity index (χ4n) is 1.83. The van der Waals surface area contributed by atoms with E-state index in [1.54, 1.807) is 0 Å². The molecule has 1 saturated heterocycles. The summed E-state index contributed by atoms with van der Waals surface area (Å²) in [6.45, 7) is 7.73. The zero-order chi connectivity index (χ0) is 12.6. The van der Waals surface area contributed by atoms with Gasteiger partial charge in [0.1, 0.15) is 5.60 Å². The van der Waals surface area contributed by atoms with Crippen LogP contribution in [0.25, 0.3) is 0 Å². The quantitative estimate of drug-likeness (QED) is 0.540. The van der Waals surface area contributed by atoms with Crippen molar-refractivity contribution in [2.45, 2.75) is 45.1 Å². The summed E-state index contributed by atoms with van der Waals surface area (Å²) in [6.07, 6.45) is 3.88. The molecule has 0 unspecified atom stereocenters. The Morgan fingerprint density at radius 2 is 2.06 bits per heavy atom. The van der Waals surface area contributed by atoms with E-state index in [0.29, 0.717) is 13.0 Å². The largest absolute Gasteiger partial charge is 0.362 e. The monoisotopic (exact) mass is 234 g/mol. The molecule has 0 aromatic carbocycles. The first-order valence-electron chi connectivity index (χ1n) is 6.43. The third kappa shape index (κ3) is 5.22. The molecule has 17 heavy (non-hydrogen) atoms. The lowest BCUT2D eigenvalue weighted by Crippen LogP contribution is -2.27. The second-order valence-electron chi connectivity index (χ2n) is 4.63. The van der Waals surface area contributed by atoms with Crippen molar-refractivity contribution in [1.82, 2.24) is 4.90 Å². The average Bonchev–Trinajstić information content (AvgIpc) is 2.82. The summed E-state index contributed by atoms with van der Waals surface area (Å²) < 4.78 is 5.67. The van der Waals surface area contributed by atoms with Crippen LogP contribution in [0.1, 0.15) is 39.5 Å². The second-order valence-corrected chi connectivity index (χ2v) is 4.63. The molecule has 3 heteroatoms. The van der Waals surface area contributed by atoms with E-state index in [0.717, 1.165) is 13.0 Å². The van der Waals surface area contributed by atoms with Gasteiger partial charge in [0.15, 0.2) is 0 Å². The van der Waals surface area contributed by atoms with Crippen LogP contribution < -0.4 is 0 Å². The number of likely N-dealkylation sites (tertiary alicyclic amines) is 1. The lowest BCUT2D eigenvalue weighted by atomic mass is 10.0. The summed E-state index contributed by atoms with van der Waals surface area (Å²) in [7, 11) is 0. The van der Waals surface area contributed by atoms with E-state index in [1.807, 2.05) is 6.92 Å². The van der Waals surface area contributed by atoms with E-state index in [9.17, 15) is 0 Å². The summed E-state index contributed by atoms with van der Waals surface area (Å²) >= 11 is 0. The summed E-state index contributed by atoms with van der Waals surface area (Å²) in [4.78, 5) is 2.37. The summed E-state index contributed by atoms with van der Waals surface area (Å²) in [5.74, 6) is 6.42. The lowest BCUT2D eigenvalue weighted by molar-refractivity contribution is 0.0137. The van der Waals surface area contributed by atoms with Crippen molar-refractivity contribution >= 4 is 0 Å². The Hall–Kier alpha value is -1.03. The van der Waals surface area contributed by atoms with E-state index >= 15 is 0 Å². The molecule has 0 spiro atoms. The Balaban J connectivity index is 2.38. The standard InChI is InChI=1S/C14H22N2O/c1-3-14(2,17-13-7-9-15)8-6-12-16-10-4-5-11-16/h3-5,7,10-13H2,1-2H3/t14-/m0/s1. The predicted octanol–water partition coefficient (Wildman–Crippen LogP) is 2.18.